The fourth-order valence-electron chi connectivity index (χ4n) is 2.69. The Morgan fingerprint density at radius 2 is 2.17 bits per heavy atom. The average Bonchev–Trinajstić information content (AvgIpc) is 2.70. The summed E-state index contributed by atoms with van der Waals surface area (Å²) in [6, 6.07) is 2.71. The smallest absolute Gasteiger partial charge is 0.0841 e. The lowest BCUT2D eigenvalue weighted by atomic mass is 9.79. The van der Waals surface area contributed by atoms with Gasteiger partial charge in [0, 0.05) is 19.1 Å². The number of hydrogen-bond acceptors (Lipinski definition) is 4. The summed E-state index contributed by atoms with van der Waals surface area (Å²) in [7, 11) is 0. The third-order valence-electron chi connectivity index (χ3n) is 3.99. The Hall–Kier alpha value is -0.630. The van der Waals surface area contributed by atoms with Gasteiger partial charge >= 0.3 is 0 Å². The molecule has 2 atom stereocenters. The molecule has 0 amide bonds. The Kier molecular flexibility index (Phi) is 6.07. The van der Waals surface area contributed by atoms with Crippen LogP contribution in [-0.4, -0.2) is 43.7 Å². The number of nitrogens with one attached hydrogen (secondary N) is 1. The molecule has 0 bridgehead atoms. The van der Waals surface area contributed by atoms with E-state index in [2.05, 4.69) is 37.1 Å². The molecule has 0 spiro atoms. The van der Waals surface area contributed by atoms with Crippen molar-refractivity contribution in [1.82, 2.24) is 10.2 Å². The lowest BCUT2D eigenvalue weighted by Gasteiger charge is -2.27. The molecule has 1 rings (SSSR count). The summed E-state index contributed by atoms with van der Waals surface area (Å²) in [5.74, 6) is 0.740. The molecule has 2 unspecified atom stereocenters. The topological polar surface area (TPSA) is 65.1 Å². The molecule has 0 radical (unpaired) electrons. The maximum atomic E-state index is 8.59. The average molecular weight is 252 g/mol. The number of rotatable bonds is 6. The molecule has 4 nitrogen and oxygen atoms in total. The van der Waals surface area contributed by atoms with E-state index in [-0.39, 0.29) is 0 Å². The first-order valence-electron chi connectivity index (χ1n) is 7.00. The van der Waals surface area contributed by atoms with Crippen molar-refractivity contribution in [2.24, 2.45) is 17.1 Å². The van der Waals surface area contributed by atoms with Gasteiger partial charge in [-0.2, -0.15) is 5.26 Å². The van der Waals surface area contributed by atoms with Crippen LogP contribution < -0.4 is 11.1 Å². The Morgan fingerprint density at radius 1 is 1.44 bits per heavy atom. The van der Waals surface area contributed by atoms with Crippen LogP contribution in [0, 0.1) is 22.7 Å². The van der Waals surface area contributed by atoms with Crippen LogP contribution in [0.4, 0.5) is 0 Å². The van der Waals surface area contributed by atoms with Crippen LogP contribution in [-0.2, 0) is 0 Å². The van der Waals surface area contributed by atoms with E-state index in [1.54, 1.807) is 0 Å². The highest BCUT2D eigenvalue weighted by molar-refractivity contribution is 4.92. The molecule has 1 fully saturated rings. The molecule has 18 heavy (non-hydrogen) atoms. The largest absolute Gasteiger partial charge is 0.330 e. The zero-order valence-electron chi connectivity index (χ0n) is 12.1. The van der Waals surface area contributed by atoms with Crippen molar-refractivity contribution < 1.29 is 0 Å². The summed E-state index contributed by atoms with van der Waals surface area (Å²) < 4.78 is 0. The molecule has 1 aliphatic rings. The van der Waals surface area contributed by atoms with Crippen LogP contribution in [0.25, 0.3) is 0 Å². The molecule has 1 aliphatic heterocycles. The van der Waals surface area contributed by atoms with Crippen LogP contribution in [0.2, 0.25) is 0 Å². The molecule has 1 heterocycles. The van der Waals surface area contributed by atoms with Gasteiger partial charge in [0.1, 0.15) is 0 Å². The first-order chi connectivity index (χ1) is 8.49. The van der Waals surface area contributed by atoms with Gasteiger partial charge in [-0.05, 0) is 37.3 Å². The van der Waals surface area contributed by atoms with E-state index in [1.165, 1.54) is 13.0 Å². The van der Waals surface area contributed by atoms with Gasteiger partial charge in [-0.1, -0.05) is 20.8 Å². The van der Waals surface area contributed by atoms with E-state index in [1.807, 2.05) is 0 Å². The van der Waals surface area contributed by atoms with E-state index in [0.29, 0.717) is 18.0 Å². The molecule has 3 N–H and O–H groups in total. The Bertz CT molecular complexity index is 276. The van der Waals surface area contributed by atoms with E-state index < -0.39 is 0 Å². The van der Waals surface area contributed by atoms with Crippen LogP contribution in [0.3, 0.4) is 0 Å². The maximum Gasteiger partial charge on any atom is 0.0841 e. The lowest BCUT2D eigenvalue weighted by Crippen LogP contribution is -2.39. The Balaban J connectivity index is 2.52. The summed E-state index contributed by atoms with van der Waals surface area (Å²) in [5, 5.41) is 11.8. The summed E-state index contributed by atoms with van der Waals surface area (Å²) in [6.45, 7) is 11.4. The van der Waals surface area contributed by atoms with E-state index in [4.69, 9.17) is 11.0 Å². The second-order valence-corrected chi connectivity index (χ2v) is 6.38. The van der Waals surface area contributed by atoms with Gasteiger partial charge in [0.05, 0.1) is 12.6 Å². The summed E-state index contributed by atoms with van der Waals surface area (Å²) in [4.78, 5) is 2.55. The molecule has 0 aromatic rings. The summed E-state index contributed by atoms with van der Waals surface area (Å²) >= 11 is 0. The number of hydrogen-bond donors (Lipinski definition) is 2. The van der Waals surface area contributed by atoms with Gasteiger partial charge in [0.15, 0.2) is 0 Å². The summed E-state index contributed by atoms with van der Waals surface area (Å²) in [5.41, 5.74) is 5.97. The number of likely N-dealkylation sites (tertiary alicyclic amines) is 1. The molecule has 1 saturated heterocycles. The number of nitriles is 1. The molecular weight excluding hydrogens is 224 g/mol. The van der Waals surface area contributed by atoms with Crippen molar-refractivity contribution >= 4 is 0 Å². The normalized spacial score (nSPS) is 25.3. The number of nitrogens with zero attached hydrogens (tertiary/aromatic N) is 2. The van der Waals surface area contributed by atoms with Crippen LogP contribution in [0.15, 0.2) is 0 Å². The second kappa shape index (κ2) is 7.08. The SMILES string of the molecule is CC(C)(C)C1CC(CNCC#N)N(CCCN)C1. The van der Waals surface area contributed by atoms with Crippen LogP contribution >= 0.6 is 0 Å². The van der Waals surface area contributed by atoms with Gasteiger partial charge in [-0.25, -0.2) is 0 Å². The summed E-state index contributed by atoms with van der Waals surface area (Å²) in [6.07, 6.45) is 2.29. The third kappa shape index (κ3) is 4.56. The highest BCUT2D eigenvalue weighted by Crippen LogP contribution is 2.36. The van der Waals surface area contributed by atoms with Gasteiger partial charge in [0.25, 0.3) is 0 Å². The molecule has 0 aliphatic carbocycles. The first kappa shape index (κ1) is 15.4. The minimum absolute atomic E-state index is 0.366. The molecule has 0 saturated carbocycles. The van der Waals surface area contributed by atoms with Crippen molar-refractivity contribution in [3.63, 3.8) is 0 Å². The molecule has 0 aromatic heterocycles. The van der Waals surface area contributed by atoms with Gasteiger partial charge < -0.3 is 11.1 Å². The fraction of sp³-hybridized carbons (Fsp3) is 0.929. The Morgan fingerprint density at radius 3 is 2.72 bits per heavy atom. The second-order valence-electron chi connectivity index (χ2n) is 6.38. The zero-order valence-corrected chi connectivity index (χ0v) is 12.1. The quantitative estimate of drug-likeness (QED) is 0.550. The van der Waals surface area contributed by atoms with Crippen molar-refractivity contribution in [3.05, 3.63) is 0 Å². The predicted octanol–water partition coefficient (Wildman–Crippen LogP) is 1.18. The third-order valence-corrected chi connectivity index (χ3v) is 3.99. The van der Waals surface area contributed by atoms with Crippen molar-refractivity contribution in [2.45, 2.75) is 39.7 Å². The van der Waals surface area contributed by atoms with Gasteiger partial charge in [0.2, 0.25) is 0 Å². The van der Waals surface area contributed by atoms with E-state index in [9.17, 15) is 0 Å². The highest BCUT2D eigenvalue weighted by Gasteiger charge is 2.37. The standard InChI is InChI=1S/C14H28N4/c1-14(2,3)12-9-13(10-17-7-6-16)18(11-12)8-4-5-15/h12-13,17H,4-5,7-11,15H2,1-3H3. The maximum absolute atomic E-state index is 8.59. The predicted molar refractivity (Wildman–Crippen MR) is 75.1 cm³/mol. The van der Waals surface area contributed by atoms with Crippen molar-refractivity contribution in [1.29, 1.82) is 5.26 Å². The molecular formula is C14H28N4. The van der Waals surface area contributed by atoms with Crippen LogP contribution in [0.5, 0.6) is 0 Å². The van der Waals surface area contributed by atoms with Gasteiger partial charge in [-0.15, -0.1) is 0 Å². The van der Waals surface area contributed by atoms with E-state index in [0.717, 1.165) is 32.0 Å². The highest BCUT2D eigenvalue weighted by atomic mass is 15.2. The molecule has 0 aromatic carbocycles. The minimum atomic E-state index is 0.366. The van der Waals surface area contributed by atoms with Crippen molar-refractivity contribution in [3.8, 4) is 6.07 Å². The van der Waals surface area contributed by atoms with Crippen LogP contribution in [0.1, 0.15) is 33.6 Å². The van der Waals surface area contributed by atoms with Gasteiger partial charge in [-0.3, -0.25) is 4.90 Å². The van der Waals surface area contributed by atoms with Crippen molar-refractivity contribution in [2.75, 3.05) is 32.7 Å². The number of nitrogens with two attached hydrogens (primary N) is 1. The molecule has 104 valence electrons. The Labute approximate surface area is 112 Å². The minimum Gasteiger partial charge on any atom is -0.330 e. The molecule has 4 heteroatoms. The fourth-order valence-corrected chi connectivity index (χ4v) is 2.69. The lowest BCUT2D eigenvalue weighted by molar-refractivity contribution is 0.217. The monoisotopic (exact) mass is 252 g/mol. The zero-order chi connectivity index (χ0) is 13.6. The first-order valence-corrected chi connectivity index (χ1v) is 7.00. The van der Waals surface area contributed by atoms with E-state index >= 15 is 0 Å².